The van der Waals surface area contributed by atoms with E-state index in [2.05, 4.69) is 5.32 Å². The second kappa shape index (κ2) is 7.80. The Hall–Kier alpha value is -1.85. The summed E-state index contributed by atoms with van der Waals surface area (Å²) in [5.41, 5.74) is 2.00. The van der Waals surface area contributed by atoms with Crippen LogP contribution in [0.15, 0.2) is 53.4 Å². The van der Waals surface area contributed by atoms with Crippen LogP contribution >= 0.6 is 11.6 Å². The van der Waals surface area contributed by atoms with Crippen molar-refractivity contribution in [1.82, 2.24) is 5.32 Å². The number of hydrogen-bond acceptors (Lipinski definition) is 3. The molecule has 0 saturated heterocycles. The zero-order chi connectivity index (χ0) is 18.7. The molecule has 2 aromatic rings. The van der Waals surface area contributed by atoms with Crippen LogP contribution < -0.4 is 5.32 Å². The molecule has 0 radical (unpaired) electrons. The molecule has 6 heteroatoms. The second-order valence-electron chi connectivity index (χ2n) is 6.82. The fourth-order valence-corrected chi connectivity index (χ4v) is 4.28. The highest BCUT2D eigenvalue weighted by molar-refractivity contribution is 7.91. The van der Waals surface area contributed by atoms with Crippen LogP contribution in [0.5, 0.6) is 0 Å². The average molecular weight is 392 g/mol. The first-order chi connectivity index (χ1) is 12.3. The molecule has 4 nitrogen and oxygen atoms in total. The minimum atomic E-state index is -3.46. The van der Waals surface area contributed by atoms with E-state index < -0.39 is 9.84 Å². The Morgan fingerprint density at radius 2 is 1.73 bits per heavy atom. The Morgan fingerprint density at radius 3 is 2.31 bits per heavy atom. The molecule has 0 aromatic heterocycles. The fourth-order valence-electron chi connectivity index (χ4n) is 2.91. The summed E-state index contributed by atoms with van der Waals surface area (Å²) in [5, 5.41) is 3.65. The second-order valence-corrected chi connectivity index (χ2v) is 9.36. The van der Waals surface area contributed by atoms with Crippen molar-refractivity contribution in [2.45, 2.75) is 37.1 Å². The van der Waals surface area contributed by atoms with Gasteiger partial charge in [0.25, 0.3) is 0 Å². The number of nitrogens with one attached hydrogen (secondary N) is 1. The molecule has 0 spiro atoms. The van der Waals surface area contributed by atoms with Gasteiger partial charge in [0.15, 0.2) is 9.84 Å². The fraction of sp³-hybridized carbons (Fsp3) is 0.350. The summed E-state index contributed by atoms with van der Waals surface area (Å²) in [6.07, 6.45) is 2.08. The number of hydrogen-bond donors (Lipinski definition) is 1. The first-order valence-corrected chi connectivity index (χ1v) is 10.7. The van der Waals surface area contributed by atoms with E-state index >= 15 is 0 Å². The number of rotatable bonds is 7. The van der Waals surface area contributed by atoms with Crippen LogP contribution in [0, 0.1) is 12.8 Å². The predicted molar refractivity (Wildman–Crippen MR) is 103 cm³/mol. The zero-order valence-corrected chi connectivity index (χ0v) is 16.2. The van der Waals surface area contributed by atoms with Gasteiger partial charge in [0.2, 0.25) is 5.91 Å². The maximum atomic E-state index is 12.4. The number of carbonyl (C=O) groups excluding carboxylic acids is 1. The molecule has 2 aromatic carbocycles. The summed E-state index contributed by atoms with van der Waals surface area (Å²) >= 11 is 5.93. The van der Waals surface area contributed by atoms with Crippen LogP contribution in [0.3, 0.4) is 0 Å². The molecule has 0 heterocycles. The van der Waals surface area contributed by atoms with Gasteiger partial charge in [-0.25, -0.2) is 8.42 Å². The van der Waals surface area contributed by atoms with Crippen LogP contribution in [-0.2, 0) is 14.6 Å². The Morgan fingerprint density at radius 1 is 1.12 bits per heavy atom. The smallest absolute Gasteiger partial charge is 0.221 e. The van der Waals surface area contributed by atoms with Crippen molar-refractivity contribution in [3.05, 3.63) is 64.7 Å². The summed E-state index contributed by atoms with van der Waals surface area (Å²) < 4.78 is 24.8. The van der Waals surface area contributed by atoms with E-state index in [9.17, 15) is 13.2 Å². The van der Waals surface area contributed by atoms with Crippen molar-refractivity contribution in [1.29, 1.82) is 0 Å². The molecular weight excluding hydrogens is 370 g/mol. The first-order valence-electron chi connectivity index (χ1n) is 8.69. The van der Waals surface area contributed by atoms with Gasteiger partial charge in [-0.3, -0.25) is 4.79 Å². The lowest BCUT2D eigenvalue weighted by Gasteiger charge is -2.19. The van der Waals surface area contributed by atoms with Crippen molar-refractivity contribution in [2.75, 3.05) is 5.75 Å². The predicted octanol–water partition coefficient (Wildman–Crippen LogP) is 4.08. The molecule has 0 bridgehead atoms. The van der Waals surface area contributed by atoms with Gasteiger partial charge < -0.3 is 5.32 Å². The Kier molecular flexibility index (Phi) is 5.68. The Labute approximate surface area is 159 Å². The molecule has 1 N–H and O–H groups in total. The van der Waals surface area contributed by atoms with Crippen LogP contribution in [0.25, 0.3) is 0 Å². The lowest BCUT2D eigenvalue weighted by Crippen LogP contribution is -2.31. The highest BCUT2D eigenvalue weighted by Gasteiger charge is 2.33. The molecule has 138 valence electrons. The third-order valence-corrected chi connectivity index (χ3v) is 6.60. The average Bonchev–Trinajstić information content (AvgIpc) is 3.44. The molecule has 1 unspecified atom stereocenters. The van der Waals surface area contributed by atoms with E-state index in [1.54, 1.807) is 36.4 Å². The van der Waals surface area contributed by atoms with Crippen LogP contribution in [0.1, 0.15) is 36.4 Å². The van der Waals surface area contributed by atoms with Gasteiger partial charge in [0.1, 0.15) is 0 Å². The zero-order valence-electron chi connectivity index (χ0n) is 14.6. The van der Waals surface area contributed by atoms with Crippen molar-refractivity contribution >= 4 is 27.3 Å². The van der Waals surface area contributed by atoms with Gasteiger partial charge >= 0.3 is 0 Å². The molecule has 3 rings (SSSR count). The van der Waals surface area contributed by atoms with Gasteiger partial charge in [-0.05, 0) is 55.5 Å². The van der Waals surface area contributed by atoms with Crippen LogP contribution in [-0.4, -0.2) is 20.1 Å². The number of halogens is 1. The van der Waals surface area contributed by atoms with E-state index in [0.717, 1.165) is 24.0 Å². The quantitative estimate of drug-likeness (QED) is 0.773. The minimum Gasteiger partial charge on any atom is -0.349 e. The van der Waals surface area contributed by atoms with Crippen molar-refractivity contribution in [3.8, 4) is 0 Å². The van der Waals surface area contributed by atoms with Gasteiger partial charge in [0, 0.05) is 11.4 Å². The molecule has 26 heavy (non-hydrogen) atoms. The molecule has 1 aliphatic rings. The number of aryl methyl sites for hydroxylation is 1. The first kappa shape index (κ1) is 18.9. The Bertz CT molecular complexity index is 872. The van der Waals surface area contributed by atoms with Gasteiger partial charge in [-0.2, -0.15) is 0 Å². The molecule has 1 atom stereocenters. The van der Waals surface area contributed by atoms with E-state index in [-0.39, 0.29) is 29.0 Å². The molecule has 1 saturated carbocycles. The van der Waals surface area contributed by atoms with Crippen LogP contribution in [0.2, 0.25) is 5.02 Å². The Balaban J connectivity index is 1.62. The summed E-state index contributed by atoms with van der Waals surface area (Å²) in [6.45, 7) is 1.90. The molecular formula is C20H22ClNO3S. The van der Waals surface area contributed by atoms with Crippen molar-refractivity contribution < 1.29 is 13.2 Å². The summed E-state index contributed by atoms with van der Waals surface area (Å²) in [6, 6.07) is 14.0. The number of amides is 1. The third-order valence-electron chi connectivity index (χ3n) is 4.62. The topological polar surface area (TPSA) is 63.2 Å². The summed E-state index contributed by atoms with van der Waals surface area (Å²) in [4.78, 5) is 12.6. The SMILES string of the molecule is Cc1ccc(S(=O)(=O)CCC(=O)NC(c2ccc(Cl)cc2)C2CC2)cc1. The van der Waals surface area contributed by atoms with E-state index in [4.69, 9.17) is 11.6 Å². The summed E-state index contributed by atoms with van der Waals surface area (Å²) in [5.74, 6) is -0.0266. The minimum absolute atomic E-state index is 0.0486. The molecule has 1 aliphatic carbocycles. The highest BCUT2D eigenvalue weighted by Crippen LogP contribution is 2.41. The van der Waals surface area contributed by atoms with E-state index in [0.29, 0.717) is 10.9 Å². The number of sulfone groups is 1. The largest absolute Gasteiger partial charge is 0.349 e. The normalized spacial score (nSPS) is 15.5. The third kappa shape index (κ3) is 4.86. The summed E-state index contributed by atoms with van der Waals surface area (Å²) in [7, 11) is -3.46. The van der Waals surface area contributed by atoms with Crippen LogP contribution in [0.4, 0.5) is 0 Å². The van der Waals surface area contributed by atoms with Crippen molar-refractivity contribution in [3.63, 3.8) is 0 Å². The highest BCUT2D eigenvalue weighted by atomic mass is 35.5. The lowest BCUT2D eigenvalue weighted by molar-refractivity contribution is -0.121. The molecule has 0 aliphatic heterocycles. The number of benzene rings is 2. The van der Waals surface area contributed by atoms with Gasteiger partial charge in [0.05, 0.1) is 16.7 Å². The van der Waals surface area contributed by atoms with E-state index in [1.807, 2.05) is 19.1 Å². The van der Waals surface area contributed by atoms with Gasteiger partial charge in [-0.15, -0.1) is 0 Å². The standard InChI is InChI=1S/C20H22ClNO3S/c1-14-2-10-18(11-3-14)26(24,25)13-12-19(23)22-20(15-4-5-15)16-6-8-17(21)9-7-16/h2-3,6-11,15,20H,4-5,12-13H2,1H3,(H,22,23). The maximum Gasteiger partial charge on any atom is 0.221 e. The molecule has 1 amide bonds. The van der Waals surface area contributed by atoms with Gasteiger partial charge in [-0.1, -0.05) is 41.4 Å². The monoisotopic (exact) mass is 391 g/mol. The van der Waals surface area contributed by atoms with Crippen molar-refractivity contribution in [2.24, 2.45) is 5.92 Å². The van der Waals surface area contributed by atoms with E-state index in [1.165, 1.54) is 0 Å². The number of carbonyl (C=O) groups is 1. The lowest BCUT2D eigenvalue weighted by atomic mass is 10.0. The maximum absolute atomic E-state index is 12.4. The molecule has 1 fully saturated rings.